The number of fused-ring (bicyclic) bond motifs is 9. The van der Waals surface area contributed by atoms with Gasteiger partial charge in [-0.2, -0.15) is 0 Å². The molecule has 0 radical (unpaired) electrons. The van der Waals surface area contributed by atoms with Crippen LogP contribution in [-0.2, 0) is 21.7 Å². The summed E-state index contributed by atoms with van der Waals surface area (Å²) in [4.78, 5) is 0. The Hall–Kier alpha value is -8.20. The van der Waals surface area contributed by atoms with Crippen LogP contribution in [0.3, 0.4) is 0 Å². The highest BCUT2D eigenvalue weighted by Crippen LogP contribution is 2.66. The SMILES string of the molecule is COc1cc(C23Oc4cc(O)cc(O)c4C(c4c(cc(O)c5c4OC(c4ccc(O)c(O)c4)C(O)C5c4c(O)cc(O)c5c4OC(c4ccc(O)c(O)c4)C(O)C5)O2)C3O[C@@H]2O[C@H](CO)[C@@H](O)[C@H](O)[C@H]2O)cc(OC)c1O. The quantitative estimate of drug-likeness (QED) is 0.0924. The van der Waals surface area contributed by atoms with Crippen molar-refractivity contribution < 1.29 is 120 Å². The molecular formula is C53H50O24. The second-order valence-electron chi connectivity index (χ2n) is 19.2. The summed E-state index contributed by atoms with van der Waals surface area (Å²) in [7, 11) is 2.44. The van der Waals surface area contributed by atoms with Crippen molar-refractivity contribution in [2.45, 2.75) is 85.3 Å². The fraction of sp³-hybridized carbons (Fsp3) is 0.321. The Labute approximate surface area is 434 Å². The fourth-order valence-electron chi connectivity index (χ4n) is 11.1. The topological polar surface area (TPSA) is 398 Å². The first kappa shape index (κ1) is 50.9. The van der Waals surface area contributed by atoms with E-state index in [0.717, 1.165) is 48.5 Å². The molecule has 0 saturated carbocycles. The van der Waals surface area contributed by atoms with Gasteiger partial charge in [0.15, 0.2) is 53.0 Å². The molecule has 24 heteroatoms. The molecule has 406 valence electrons. The molecule has 5 aliphatic rings. The van der Waals surface area contributed by atoms with Gasteiger partial charge in [0.25, 0.3) is 0 Å². The van der Waals surface area contributed by atoms with E-state index in [1.165, 1.54) is 38.5 Å². The molecule has 5 aliphatic heterocycles. The first-order valence-electron chi connectivity index (χ1n) is 23.8. The minimum Gasteiger partial charge on any atom is -0.508 e. The van der Waals surface area contributed by atoms with Gasteiger partial charge in [0.2, 0.25) is 5.75 Å². The molecule has 6 aromatic carbocycles. The molecular weight excluding hydrogens is 1020 g/mol. The van der Waals surface area contributed by atoms with Crippen molar-refractivity contribution in [1.82, 2.24) is 0 Å². The molecule has 1 saturated heterocycles. The molecule has 13 atom stereocenters. The van der Waals surface area contributed by atoms with Crippen LogP contribution in [0.5, 0.6) is 92.0 Å². The minimum atomic E-state index is -2.53. The zero-order valence-electron chi connectivity index (χ0n) is 40.2. The average molecular weight is 1070 g/mol. The molecule has 8 unspecified atom stereocenters. The normalized spacial score (nSPS) is 28.7. The third kappa shape index (κ3) is 7.82. The lowest BCUT2D eigenvalue weighted by Gasteiger charge is -2.53. The van der Waals surface area contributed by atoms with Crippen LogP contribution in [0.25, 0.3) is 0 Å². The van der Waals surface area contributed by atoms with Gasteiger partial charge in [0.1, 0.15) is 88.4 Å². The van der Waals surface area contributed by atoms with Gasteiger partial charge in [-0.25, -0.2) is 0 Å². The molecule has 6 aromatic rings. The van der Waals surface area contributed by atoms with Crippen LogP contribution in [0.15, 0.2) is 72.8 Å². The monoisotopic (exact) mass is 1070 g/mol. The van der Waals surface area contributed by atoms with Crippen molar-refractivity contribution in [3.8, 4) is 92.0 Å². The number of aromatic hydroxyl groups is 10. The molecule has 0 amide bonds. The molecule has 1 fully saturated rings. The lowest BCUT2D eigenvalue weighted by Crippen LogP contribution is -2.64. The smallest absolute Gasteiger partial charge is 0.305 e. The Bertz CT molecular complexity index is 3320. The minimum absolute atomic E-state index is 0.0370. The zero-order chi connectivity index (χ0) is 54.8. The van der Waals surface area contributed by atoms with Gasteiger partial charge >= 0.3 is 5.79 Å². The summed E-state index contributed by atoms with van der Waals surface area (Å²) in [5.74, 6) is -13.9. The summed E-state index contributed by atoms with van der Waals surface area (Å²) >= 11 is 0. The van der Waals surface area contributed by atoms with Gasteiger partial charge in [0.05, 0.1) is 38.8 Å². The summed E-state index contributed by atoms with van der Waals surface area (Å²) in [5.41, 5.74) is -1.21. The van der Waals surface area contributed by atoms with Gasteiger partial charge in [-0.3, -0.25) is 0 Å². The first-order chi connectivity index (χ1) is 36.7. The Morgan fingerprint density at radius 2 is 1.10 bits per heavy atom. The van der Waals surface area contributed by atoms with Gasteiger partial charge in [0, 0.05) is 64.1 Å². The van der Waals surface area contributed by atoms with E-state index in [1.54, 1.807) is 0 Å². The molecule has 5 heterocycles. The predicted octanol–water partition coefficient (Wildman–Crippen LogP) is 2.38. The maximum Gasteiger partial charge on any atom is 0.305 e. The van der Waals surface area contributed by atoms with Gasteiger partial charge < -0.3 is 120 Å². The van der Waals surface area contributed by atoms with Crippen molar-refractivity contribution in [1.29, 1.82) is 0 Å². The van der Waals surface area contributed by atoms with Crippen molar-refractivity contribution in [2.24, 2.45) is 0 Å². The summed E-state index contributed by atoms with van der Waals surface area (Å²) in [5, 5.41) is 180. The summed E-state index contributed by atoms with van der Waals surface area (Å²) < 4.78 is 50.4. The highest BCUT2D eigenvalue weighted by molar-refractivity contribution is 5.72. The molecule has 2 bridgehead atoms. The van der Waals surface area contributed by atoms with Crippen molar-refractivity contribution in [3.63, 3.8) is 0 Å². The number of methoxy groups -OCH3 is 2. The predicted molar refractivity (Wildman–Crippen MR) is 256 cm³/mol. The standard InChI is InChI=1S/C53H50O24/c1-70-33-9-19(10-34(71-2)42(33)65)53-51(75-52-46(69)45(68)43(66)35(16-54)72-52)41(36-27(61)11-20(55)12-31(36)76-53)39-32(77-53)15-29(63)38-40(44(67)48(74-50(38)39)18-4-6-23(57)26(60)8-18)37-28(62)14-24(58)21-13-30(64)47(73-49(21)37)17-3-5-22(56)25(59)7-17/h3-12,14-15,30,35,40-41,43-48,51-52,54-69H,13,16H2,1-2H3/t30?,35-,40?,41?,43-,44?,45+,46-,47?,48?,51?,52+,53?/m1/s1. The van der Waals surface area contributed by atoms with Crippen LogP contribution in [0, 0.1) is 0 Å². The molecule has 77 heavy (non-hydrogen) atoms. The number of aliphatic hydroxyl groups excluding tert-OH is 6. The molecule has 0 aliphatic carbocycles. The molecule has 24 nitrogen and oxygen atoms in total. The number of ether oxygens (including phenoxy) is 8. The first-order valence-corrected chi connectivity index (χ1v) is 23.8. The van der Waals surface area contributed by atoms with E-state index in [4.69, 9.17) is 37.9 Å². The van der Waals surface area contributed by atoms with Crippen LogP contribution in [0.2, 0.25) is 0 Å². The van der Waals surface area contributed by atoms with Crippen molar-refractivity contribution in [2.75, 3.05) is 20.8 Å². The number of rotatable bonds is 9. The van der Waals surface area contributed by atoms with E-state index in [9.17, 15) is 81.7 Å². The Balaban J connectivity index is 1.21. The van der Waals surface area contributed by atoms with Gasteiger partial charge in [-0.05, 0) is 47.5 Å². The molecule has 11 rings (SSSR count). The largest absolute Gasteiger partial charge is 0.508 e. The van der Waals surface area contributed by atoms with Crippen LogP contribution < -0.4 is 28.4 Å². The average Bonchev–Trinajstić information content (AvgIpc) is 3.43. The lowest BCUT2D eigenvalue weighted by molar-refractivity contribution is -0.345. The summed E-state index contributed by atoms with van der Waals surface area (Å²) in [6.45, 7) is -0.900. The van der Waals surface area contributed by atoms with E-state index in [-0.39, 0.29) is 79.7 Å². The van der Waals surface area contributed by atoms with E-state index in [2.05, 4.69) is 0 Å². The number of benzene rings is 6. The van der Waals surface area contributed by atoms with Crippen molar-refractivity contribution in [3.05, 3.63) is 117 Å². The Morgan fingerprint density at radius 3 is 1.71 bits per heavy atom. The third-order valence-electron chi connectivity index (χ3n) is 14.8. The van der Waals surface area contributed by atoms with Crippen LogP contribution in [-0.4, -0.2) is 152 Å². The summed E-state index contributed by atoms with van der Waals surface area (Å²) in [6, 6.07) is 13.5. The number of hydrogen-bond donors (Lipinski definition) is 16. The van der Waals surface area contributed by atoms with Gasteiger partial charge in [-0.15, -0.1) is 0 Å². The second-order valence-corrected chi connectivity index (χ2v) is 19.2. The maximum absolute atomic E-state index is 12.9. The Kier molecular flexibility index (Phi) is 12.3. The van der Waals surface area contributed by atoms with Crippen LogP contribution in [0.1, 0.15) is 68.6 Å². The maximum atomic E-state index is 12.9. The van der Waals surface area contributed by atoms with E-state index in [0.29, 0.717) is 0 Å². The highest BCUT2D eigenvalue weighted by Gasteiger charge is 2.64. The van der Waals surface area contributed by atoms with Crippen LogP contribution in [0.4, 0.5) is 0 Å². The highest BCUT2D eigenvalue weighted by atomic mass is 16.8. The molecule has 0 aromatic heterocycles. The third-order valence-corrected chi connectivity index (χ3v) is 14.8. The number of hydrogen-bond acceptors (Lipinski definition) is 24. The second kappa shape index (κ2) is 18.5. The van der Waals surface area contributed by atoms with Crippen LogP contribution >= 0.6 is 0 Å². The van der Waals surface area contributed by atoms with E-state index in [1.807, 2.05) is 0 Å². The lowest BCUT2D eigenvalue weighted by atomic mass is 9.71. The number of aliphatic hydroxyl groups is 6. The number of phenols is 10. The van der Waals surface area contributed by atoms with E-state index < -0.39 is 149 Å². The molecule has 16 N–H and O–H groups in total. The number of phenolic OH excluding ortho intramolecular Hbond substituents is 10. The fourth-order valence-corrected chi connectivity index (χ4v) is 11.1. The summed E-state index contributed by atoms with van der Waals surface area (Å²) in [6.07, 6.45) is -18.3. The molecule has 0 spiro atoms. The van der Waals surface area contributed by atoms with Gasteiger partial charge in [-0.1, -0.05) is 12.1 Å². The van der Waals surface area contributed by atoms with Crippen molar-refractivity contribution >= 4 is 0 Å². The zero-order valence-corrected chi connectivity index (χ0v) is 40.2. The van der Waals surface area contributed by atoms with E-state index >= 15 is 0 Å². The Morgan fingerprint density at radius 1 is 0.532 bits per heavy atom.